The number of imidazole rings is 1. The van der Waals surface area contributed by atoms with Crippen LogP contribution in [0.1, 0.15) is 106 Å². The highest BCUT2D eigenvalue weighted by Crippen LogP contribution is 2.22. The third-order valence-corrected chi connectivity index (χ3v) is 12.2. The molecule has 27 heteroatoms. The number of alkyl halides is 3. The Kier molecular flexibility index (Phi) is 27.4. The van der Waals surface area contributed by atoms with Crippen LogP contribution in [0, 0.1) is 23.7 Å². The van der Waals surface area contributed by atoms with E-state index in [2.05, 4.69) is 52.2 Å². The molecule has 0 unspecified atom stereocenters. The minimum absolute atomic E-state index is 0.0363. The number of nitrogens with two attached hydrogens (primary N) is 2. The molecule has 1 aliphatic heterocycles. The van der Waals surface area contributed by atoms with Crippen LogP contribution in [-0.4, -0.2) is 159 Å². The normalized spacial score (nSPS) is 17.1. The quantitative estimate of drug-likeness (QED) is 0.0290. The Balaban J connectivity index is 0.00000343. The van der Waals surface area contributed by atoms with E-state index >= 15 is 0 Å². The van der Waals surface area contributed by atoms with E-state index < -0.39 is 120 Å². The van der Waals surface area contributed by atoms with Crippen LogP contribution in [0.5, 0.6) is 0 Å². The minimum atomic E-state index is -5.08. The standard InChI is InChI=1S/C43H75N13O9.C2HF3O2/c1-10-24(6)33(39(61)51-29(19-27-20-47-22-49-27)41(63)56-18-14-16-30(56)37(59)55-35(42(64)65)26(8)12-3)54-40(62)34(25(7)11-2)53-38(60)32(23(4)5)52-36(58)28(50-31(57)21-46-9)15-13-17-48-43(44)45;3-2(4,5)1(6)7/h20,22-26,28-30,32-35,46H,10-19,21H2,1-9H3,(H,47,49)(H,50,57)(H,51,61)(H,52,58)(H,53,60)(H,54,62)(H,55,59)(H,64,65)(H4,44,45,48);(H,6,7)/t24-,25-,26-,28-,29-,30-,32-,33-,34-,35-;/m0./s1. The molecule has 0 radical (unpaired) electrons. The number of aliphatic imine (C=N–C) groups is 1. The average Bonchev–Trinajstić information content (AvgIpc) is 4.03. The summed E-state index contributed by atoms with van der Waals surface area (Å²) in [4.78, 5) is 130. The van der Waals surface area contributed by atoms with Gasteiger partial charge in [0.05, 0.1) is 12.9 Å². The number of hydrogen-bond donors (Lipinski definition) is 12. The van der Waals surface area contributed by atoms with Gasteiger partial charge >= 0.3 is 18.1 Å². The maximum absolute atomic E-state index is 14.4. The van der Waals surface area contributed by atoms with Crippen LogP contribution < -0.4 is 48.7 Å². The number of likely N-dealkylation sites (N-methyl/N-ethyl adjacent to an activating group) is 1. The number of carbonyl (C=O) groups is 9. The monoisotopic (exact) mass is 1030 g/mol. The number of halogens is 3. The second-order valence-corrected chi connectivity index (χ2v) is 18.1. The molecule has 408 valence electrons. The molecule has 0 aliphatic carbocycles. The second kappa shape index (κ2) is 31.0. The summed E-state index contributed by atoms with van der Waals surface area (Å²) in [5, 5.41) is 36.1. The number of carboxylic acid groups (broad SMARTS) is 2. The van der Waals surface area contributed by atoms with Gasteiger partial charge in [0.25, 0.3) is 0 Å². The topological polar surface area (TPSA) is 375 Å². The number of likely N-dealkylation sites (tertiary alicyclic amines) is 1. The zero-order valence-electron chi connectivity index (χ0n) is 42.5. The fraction of sp³-hybridized carbons (Fsp3) is 0.711. The van der Waals surface area contributed by atoms with Crippen LogP contribution >= 0.6 is 0 Å². The van der Waals surface area contributed by atoms with Gasteiger partial charge in [-0.2, -0.15) is 13.2 Å². The highest BCUT2D eigenvalue weighted by Gasteiger charge is 2.42. The molecule has 72 heavy (non-hydrogen) atoms. The van der Waals surface area contributed by atoms with Crippen molar-refractivity contribution in [2.24, 2.45) is 40.1 Å². The van der Waals surface area contributed by atoms with Crippen molar-refractivity contribution >= 4 is 59.2 Å². The largest absolute Gasteiger partial charge is 0.490 e. The Hall–Kier alpha value is -6.54. The molecule has 1 aliphatic rings. The molecule has 1 aromatic heterocycles. The molecule has 10 atom stereocenters. The number of aliphatic carboxylic acids is 2. The molecule has 1 aromatic rings. The summed E-state index contributed by atoms with van der Waals surface area (Å²) >= 11 is 0. The number of aromatic amines is 1. The lowest BCUT2D eigenvalue weighted by molar-refractivity contribution is -0.192. The van der Waals surface area contributed by atoms with Crippen molar-refractivity contribution in [1.29, 1.82) is 0 Å². The van der Waals surface area contributed by atoms with Crippen molar-refractivity contribution in [3.8, 4) is 0 Å². The first kappa shape index (κ1) is 63.5. The van der Waals surface area contributed by atoms with Crippen LogP contribution in [0.2, 0.25) is 0 Å². The Labute approximate surface area is 417 Å². The van der Waals surface area contributed by atoms with Crippen molar-refractivity contribution in [1.82, 2.24) is 52.1 Å². The number of rotatable bonds is 28. The van der Waals surface area contributed by atoms with Gasteiger partial charge in [0, 0.05) is 31.4 Å². The second-order valence-electron chi connectivity index (χ2n) is 18.1. The molecule has 0 aromatic carbocycles. The maximum Gasteiger partial charge on any atom is 0.490 e. The summed E-state index contributed by atoms with van der Waals surface area (Å²) < 4.78 is 31.7. The van der Waals surface area contributed by atoms with Crippen LogP contribution in [0.4, 0.5) is 13.2 Å². The van der Waals surface area contributed by atoms with Gasteiger partial charge in [-0.15, -0.1) is 0 Å². The average molecular weight is 1030 g/mol. The smallest absolute Gasteiger partial charge is 0.480 e. The van der Waals surface area contributed by atoms with E-state index in [1.54, 1.807) is 41.7 Å². The highest BCUT2D eigenvalue weighted by molar-refractivity contribution is 5.98. The molecule has 2 rings (SSSR count). The van der Waals surface area contributed by atoms with Gasteiger partial charge in [-0.05, 0) is 56.4 Å². The molecule has 7 amide bonds. The molecule has 1 fully saturated rings. The fourth-order valence-electron chi connectivity index (χ4n) is 7.37. The highest BCUT2D eigenvalue weighted by atomic mass is 19.4. The number of carbonyl (C=O) groups excluding carboxylic acids is 7. The zero-order valence-corrected chi connectivity index (χ0v) is 42.5. The number of aromatic nitrogens is 2. The summed E-state index contributed by atoms with van der Waals surface area (Å²) in [6, 6.07) is -7.85. The molecule has 0 bridgehead atoms. The predicted molar refractivity (Wildman–Crippen MR) is 257 cm³/mol. The van der Waals surface area contributed by atoms with E-state index in [-0.39, 0.29) is 44.4 Å². The molecule has 24 nitrogen and oxygen atoms in total. The van der Waals surface area contributed by atoms with Gasteiger partial charge in [-0.25, -0.2) is 14.6 Å². The lowest BCUT2D eigenvalue weighted by Crippen LogP contribution is -2.62. The third kappa shape index (κ3) is 21.0. The number of nitrogens with one attached hydrogen (secondary N) is 8. The lowest BCUT2D eigenvalue weighted by atomic mass is 9.93. The van der Waals surface area contributed by atoms with E-state index in [4.69, 9.17) is 21.4 Å². The summed E-state index contributed by atoms with van der Waals surface area (Å²) in [6.07, 6.45) is 0.457. The summed E-state index contributed by atoms with van der Waals surface area (Å²) in [6.45, 7) is 14.5. The van der Waals surface area contributed by atoms with E-state index in [0.717, 1.165) is 0 Å². The van der Waals surface area contributed by atoms with Gasteiger partial charge in [0.1, 0.15) is 42.3 Å². The number of guanidine groups is 1. The Morgan fingerprint density at radius 3 is 1.75 bits per heavy atom. The molecule has 14 N–H and O–H groups in total. The number of nitrogens with zero attached hydrogens (tertiary/aromatic N) is 3. The Morgan fingerprint density at radius 2 is 1.29 bits per heavy atom. The van der Waals surface area contributed by atoms with Gasteiger partial charge < -0.3 is 68.8 Å². The van der Waals surface area contributed by atoms with Crippen molar-refractivity contribution in [3.63, 3.8) is 0 Å². The molecule has 0 saturated carbocycles. The van der Waals surface area contributed by atoms with E-state index in [0.29, 0.717) is 44.2 Å². The minimum Gasteiger partial charge on any atom is -0.480 e. The molecular weight excluding hydrogens is 956 g/mol. The SMILES string of the molecule is CC[C@H](C)[C@H](NC(=O)[C@@H]1CCCN1C(=O)[C@H](Cc1cnc[nH]1)NC(=O)[C@@H](NC(=O)[C@@H](NC(=O)[C@@H](NC(=O)[C@H](CCCN=C(N)N)NC(=O)CNC)C(C)C)[C@@H](C)CC)[C@@H](C)CC)C(=O)O.O=C(O)C(F)(F)F. The number of carboxylic acids is 2. The number of H-pyrrole nitrogens is 1. The first-order chi connectivity index (χ1) is 33.6. The van der Waals surface area contributed by atoms with Crippen LogP contribution in [0.3, 0.4) is 0 Å². The third-order valence-electron chi connectivity index (χ3n) is 12.2. The summed E-state index contributed by atoms with van der Waals surface area (Å²) in [7, 11) is 1.58. The Bertz CT molecular complexity index is 1990. The molecular formula is C45H76F3N13O11. The summed E-state index contributed by atoms with van der Waals surface area (Å²) in [5.41, 5.74) is 11.4. The van der Waals surface area contributed by atoms with E-state index in [9.17, 15) is 56.6 Å². The molecule has 0 spiro atoms. The predicted octanol–water partition coefficient (Wildman–Crippen LogP) is -0.363. The van der Waals surface area contributed by atoms with Crippen molar-refractivity contribution in [3.05, 3.63) is 18.2 Å². The fourth-order valence-corrected chi connectivity index (χ4v) is 7.37. The lowest BCUT2D eigenvalue weighted by Gasteiger charge is -2.33. The van der Waals surface area contributed by atoms with Crippen LogP contribution in [0.25, 0.3) is 0 Å². The van der Waals surface area contributed by atoms with Gasteiger partial charge in [-0.1, -0.05) is 74.7 Å². The van der Waals surface area contributed by atoms with Gasteiger partial charge in [-0.3, -0.25) is 38.6 Å². The van der Waals surface area contributed by atoms with Crippen LogP contribution in [-0.2, 0) is 49.6 Å². The van der Waals surface area contributed by atoms with E-state index in [1.165, 1.54) is 17.4 Å². The number of amides is 7. The Morgan fingerprint density at radius 1 is 0.778 bits per heavy atom. The zero-order chi connectivity index (χ0) is 55.0. The maximum atomic E-state index is 14.4. The van der Waals surface area contributed by atoms with E-state index in [1.807, 2.05) is 20.8 Å². The summed E-state index contributed by atoms with van der Waals surface area (Å²) in [5.74, 6) is -10.0. The van der Waals surface area contributed by atoms with Crippen LogP contribution in [0.15, 0.2) is 17.5 Å². The van der Waals surface area contributed by atoms with Gasteiger partial charge in [0.2, 0.25) is 41.4 Å². The number of hydrogen-bond acceptors (Lipinski definition) is 12. The van der Waals surface area contributed by atoms with Crippen molar-refractivity contribution in [2.45, 2.75) is 155 Å². The van der Waals surface area contributed by atoms with Gasteiger partial charge in [0.15, 0.2) is 5.96 Å². The van der Waals surface area contributed by atoms with Crippen molar-refractivity contribution < 1.29 is 66.5 Å². The molecule has 2 heterocycles. The first-order valence-corrected chi connectivity index (χ1v) is 24.0. The van der Waals surface area contributed by atoms with Crippen molar-refractivity contribution in [2.75, 3.05) is 26.7 Å². The molecule has 1 saturated heterocycles. The first-order valence-electron chi connectivity index (χ1n) is 24.0.